The first-order valence-electron chi connectivity index (χ1n) is 9.60. The smallest absolute Gasteiger partial charge is 0.279 e. The molecule has 0 aliphatic carbocycles. The Kier molecular flexibility index (Phi) is 6.30. The molecule has 1 aromatic heterocycles. The maximum atomic E-state index is 12.8. The summed E-state index contributed by atoms with van der Waals surface area (Å²) in [5.74, 6) is 0.255. The number of carbonyl (C=O) groups is 1. The second kappa shape index (κ2) is 8.56. The molecule has 29 heavy (non-hydrogen) atoms. The highest BCUT2D eigenvalue weighted by Crippen LogP contribution is 2.28. The number of quaternary nitrogens is 1. The predicted octanol–water partition coefficient (Wildman–Crippen LogP) is 0.643. The fourth-order valence-corrected chi connectivity index (χ4v) is 4.80. The highest BCUT2D eigenvalue weighted by molar-refractivity contribution is 7.89. The average molecular weight is 422 g/mol. The van der Waals surface area contributed by atoms with Gasteiger partial charge in [0.2, 0.25) is 10.0 Å². The summed E-state index contributed by atoms with van der Waals surface area (Å²) >= 11 is 0. The van der Waals surface area contributed by atoms with E-state index in [9.17, 15) is 13.2 Å². The first kappa shape index (κ1) is 21.4. The number of hydrogen-bond donors (Lipinski definition) is 2. The number of aromatic nitrogens is 1. The summed E-state index contributed by atoms with van der Waals surface area (Å²) in [5, 5.41) is 2.85. The molecule has 1 unspecified atom stereocenters. The molecule has 158 valence electrons. The van der Waals surface area contributed by atoms with E-state index in [-0.39, 0.29) is 16.8 Å². The molecule has 0 spiro atoms. The SMILES string of the molecule is COc1ccc(S(=O)(=O)N(C)C)cc1NC(=O)C[NH+]1CCC[C@@H]1c1cccn1C. The summed E-state index contributed by atoms with van der Waals surface area (Å²) < 4.78 is 33.4. The molecule has 2 N–H and O–H groups in total. The largest absolute Gasteiger partial charge is 0.495 e. The van der Waals surface area contributed by atoms with Crippen molar-refractivity contribution in [2.24, 2.45) is 7.05 Å². The van der Waals surface area contributed by atoms with Crippen LogP contribution in [0.5, 0.6) is 5.75 Å². The van der Waals surface area contributed by atoms with Crippen molar-refractivity contribution in [3.8, 4) is 5.75 Å². The monoisotopic (exact) mass is 421 g/mol. The van der Waals surface area contributed by atoms with Crippen LogP contribution < -0.4 is 15.0 Å². The van der Waals surface area contributed by atoms with E-state index in [4.69, 9.17) is 4.74 Å². The van der Waals surface area contributed by atoms with Crippen LogP contribution in [-0.2, 0) is 21.9 Å². The number of amides is 1. The molecule has 1 fully saturated rings. The molecule has 1 aliphatic heterocycles. The Morgan fingerprint density at radius 1 is 1.34 bits per heavy atom. The zero-order chi connectivity index (χ0) is 21.2. The molecule has 2 heterocycles. The number of rotatable bonds is 7. The number of methoxy groups -OCH3 is 1. The van der Waals surface area contributed by atoms with Crippen LogP contribution in [-0.4, -0.2) is 57.5 Å². The van der Waals surface area contributed by atoms with E-state index in [0.29, 0.717) is 18.0 Å². The lowest BCUT2D eigenvalue weighted by atomic mass is 10.1. The number of carbonyl (C=O) groups excluding carboxylic acids is 1. The van der Waals surface area contributed by atoms with Gasteiger partial charge in [0.05, 0.1) is 29.9 Å². The van der Waals surface area contributed by atoms with E-state index in [1.54, 1.807) is 6.07 Å². The Morgan fingerprint density at radius 3 is 2.72 bits per heavy atom. The van der Waals surface area contributed by atoms with Crippen LogP contribution in [0.1, 0.15) is 24.6 Å². The van der Waals surface area contributed by atoms with Crippen LogP contribution in [0.25, 0.3) is 0 Å². The lowest BCUT2D eigenvalue weighted by molar-refractivity contribution is -0.910. The Morgan fingerprint density at radius 2 is 2.10 bits per heavy atom. The van der Waals surface area contributed by atoms with E-state index < -0.39 is 10.0 Å². The number of anilines is 1. The third-order valence-corrected chi connectivity index (χ3v) is 7.25. The molecule has 1 aromatic carbocycles. The van der Waals surface area contributed by atoms with Crippen molar-refractivity contribution in [1.82, 2.24) is 8.87 Å². The van der Waals surface area contributed by atoms with Gasteiger partial charge in [0.15, 0.2) is 6.54 Å². The lowest BCUT2D eigenvalue weighted by Crippen LogP contribution is -3.11. The first-order chi connectivity index (χ1) is 13.7. The third kappa shape index (κ3) is 4.47. The van der Waals surface area contributed by atoms with Gasteiger partial charge in [0.1, 0.15) is 11.8 Å². The van der Waals surface area contributed by atoms with Gasteiger partial charge in [0, 0.05) is 40.2 Å². The standard InChI is InChI=1S/C20H28N4O4S/c1-22(2)29(26,27)15-9-10-19(28-4)16(13-15)21-20(25)14-24-12-6-8-18(24)17-7-5-11-23(17)3/h5,7,9-11,13,18H,6,8,12,14H2,1-4H3,(H,21,25)/p+1/t18-/m1/s1. The minimum Gasteiger partial charge on any atom is -0.495 e. The number of sulfonamides is 1. The number of aryl methyl sites for hydroxylation is 1. The zero-order valence-electron chi connectivity index (χ0n) is 17.3. The molecule has 8 nitrogen and oxygen atoms in total. The van der Waals surface area contributed by atoms with E-state index in [0.717, 1.165) is 23.7 Å². The van der Waals surface area contributed by atoms with Crippen molar-refractivity contribution >= 4 is 21.6 Å². The second-order valence-corrected chi connectivity index (χ2v) is 9.67. The van der Waals surface area contributed by atoms with Gasteiger partial charge in [-0.15, -0.1) is 0 Å². The molecule has 1 amide bonds. The number of nitrogens with zero attached hydrogens (tertiary/aromatic N) is 2. The third-order valence-electron chi connectivity index (χ3n) is 5.44. The number of nitrogens with one attached hydrogen (secondary N) is 2. The van der Waals surface area contributed by atoms with Gasteiger partial charge >= 0.3 is 0 Å². The van der Waals surface area contributed by atoms with Crippen LogP contribution >= 0.6 is 0 Å². The van der Waals surface area contributed by atoms with Crippen molar-refractivity contribution < 1.29 is 22.8 Å². The van der Waals surface area contributed by atoms with Crippen molar-refractivity contribution in [3.05, 3.63) is 42.2 Å². The van der Waals surface area contributed by atoms with Crippen LogP contribution in [0.15, 0.2) is 41.4 Å². The minimum atomic E-state index is -3.61. The summed E-state index contributed by atoms with van der Waals surface area (Å²) in [5.41, 5.74) is 1.58. The molecule has 0 bridgehead atoms. The van der Waals surface area contributed by atoms with Crippen LogP contribution in [0, 0.1) is 0 Å². The van der Waals surface area contributed by atoms with Crippen LogP contribution in [0.3, 0.4) is 0 Å². The van der Waals surface area contributed by atoms with Gasteiger partial charge in [-0.3, -0.25) is 4.79 Å². The molecular weight excluding hydrogens is 392 g/mol. The maximum absolute atomic E-state index is 12.8. The zero-order valence-corrected chi connectivity index (χ0v) is 18.1. The topological polar surface area (TPSA) is 85.1 Å². The average Bonchev–Trinajstić information content (AvgIpc) is 3.29. The van der Waals surface area contributed by atoms with Crippen molar-refractivity contribution in [2.45, 2.75) is 23.8 Å². The molecule has 0 saturated carbocycles. The highest BCUT2D eigenvalue weighted by atomic mass is 32.2. The molecule has 1 saturated heterocycles. The maximum Gasteiger partial charge on any atom is 0.279 e. The second-order valence-electron chi connectivity index (χ2n) is 7.52. The molecule has 2 atom stereocenters. The quantitative estimate of drug-likeness (QED) is 0.687. The summed E-state index contributed by atoms with van der Waals surface area (Å²) in [7, 11) is 2.84. The van der Waals surface area contributed by atoms with E-state index in [1.807, 2.05) is 19.3 Å². The number of likely N-dealkylation sites (tertiary alicyclic amines) is 1. The van der Waals surface area contributed by atoms with Crippen molar-refractivity contribution in [3.63, 3.8) is 0 Å². The van der Waals surface area contributed by atoms with Gasteiger partial charge in [-0.2, -0.15) is 0 Å². The fourth-order valence-electron chi connectivity index (χ4n) is 3.87. The molecule has 0 radical (unpaired) electrons. The Balaban J connectivity index is 1.77. The Hall–Kier alpha value is -2.36. The Bertz CT molecular complexity index is 984. The summed E-state index contributed by atoms with van der Waals surface area (Å²) in [6, 6.07) is 8.88. The van der Waals surface area contributed by atoms with Gasteiger partial charge in [-0.05, 0) is 30.3 Å². The number of benzene rings is 1. The fraction of sp³-hybridized carbons (Fsp3) is 0.450. The summed E-state index contributed by atoms with van der Waals surface area (Å²) in [4.78, 5) is 14.1. The molecule has 1 aliphatic rings. The van der Waals surface area contributed by atoms with Gasteiger partial charge in [-0.25, -0.2) is 12.7 Å². The predicted molar refractivity (Wildman–Crippen MR) is 111 cm³/mol. The number of ether oxygens (including phenoxy) is 1. The van der Waals surface area contributed by atoms with Crippen molar-refractivity contribution in [1.29, 1.82) is 0 Å². The summed E-state index contributed by atoms with van der Waals surface area (Å²) in [6.45, 7) is 1.24. The van der Waals surface area contributed by atoms with Gasteiger partial charge in [0.25, 0.3) is 5.91 Å². The normalized spacial score (nSPS) is 19.5. The van der Waals surface area contributed by atoms with E-state index in [2.05, 4.69) is 16.0 Å². The highest BCUT2D eigenvalue weighted by Gasteiger charge is 2.33. The molecule has 2 aromatic rings. The number of hydrogen-bond acceptors (Lipinski definition) is 4. The van der Waals surface area contributed by atoms with Gasteiger partial charge in [-0.1, -0.05) is 0 Å². The first-order valence-corrected chi connectivity index (χ1v) is 11.0. The summed E-state index contributed by atoms with van der Waals surface area (Å²) in [6.07, 6.45) is 4.13. The molecule has 9 heteroatoms. The van der Waals surface area contributed by atoms with E-state index in [1.165, 1.54) is 43.9 Å². The van der Waals surface area contributed by atoms with Crippen LogP contribution in [0.2, 0.25) is 0 Å². The lowest BCUT2D eigenvalue weighted by Gasteiger charge is -2.22. The molecular formula is C20H29N4O4S+. The van der Waals surface area contributed by atoms with Crippen molar-refractivity contribution in [2.75, 3.05) is 39.6 Å². The van der Waals surface area contributed by atoms with Crippen LogP contribution in [0.4, 0.5) is 5.69 Å². The van der Waals surface area contributed by atoms with E-state index >= 15 is 0 Å². The van der Waals surface area contributed by atoms with Gasteiger partial charge < -0.3 is 19.5 Å². The Labute approximate surface area is 172 Å². The minimum absolute atomic E-state index is 0.105. The molecule has 3 rings (SSSR count).